The highest BCUT2D eigenvalue weighted by molar-refractivity contribution is 5.64. The number of anilines is 1. The van der Waals surface area contributed by atoms with E-state index in [1.807, 2.05) is 12.1 Å². The zero-order valence-electron chi connectivity index (χ0n) is 12.4. The lowest BCUT2D eigenvalue weighted by Gasteiger charge is -2.34. The van der Waals surface area contributed by atoms with Gasteiger partial charge in [0.2, 0.25) is 0 Å². The van der Waals surface area contributed by atoms with Crippen molar-refractivity contribution in [3.8, 4) is 6.07 Å². The van der Waals surface area contributed by atoms with Gasteiger partial charge in [0.25, 0.3) is 0 Å². The quantitative estimate of drug-likeness (QED) is 0.752. The third-order valence-corrected chi connectivity index (χ3v) is 3.57. The third kappa shape index (κ3) is 3.71. The molecule has 1 rings (SSSR count). The first-order valence-electron chi connectivity index (χ1n) is 6.94. The zero-order valence-corrected chi connectivity index (χ0v) is 12.4. The molecule has 19 heavy (non-hydrogen) atoms. The minimum atomic E-state index is 0.448. The summed E-state index contributed by atoms with van der Waals surface area (Å²) in [7, 11) is 1.72. The van der Waals surface area contributed by atoms with Crippen LogP contribution in [0.5, 0.6) is 0 Å². The maximum atomic E-state index is 9.34. The SMILES string of the molecule is CCC(CC)N(CCOC)c1c(C)cccc1C#N. The van der Waals surface area contributed by atoms with Gasteiger partial charge in [-0.2, -0.15) is 5.26 Å². The highest BCUT2D eigenvalue weighted by atomic mass is 16.5. The van der Waals surface area contributed by atoms with Crippen molar-refractivity contribution in [3.05, 3.63) is 29.3 Å². The second-order valence-electron chi connectivity index (χ2n) is 4.74. The first kappa shape index (κ1) is 15.5. The minimum absolute atomic E-state index is 0.448. The summed E-state index contributed by atoms with van der Waals surface area (Å²) in [6, 6.07) is 8.67. The minimum Gasteiger partial charge on any atom is -0.383 e. The van der Waals surface area contributed by atoms with Crippen molar-refractivity contribution in [2.45, 2.75) is 39.7 Å². The van der Waals surface area contributed by atoms with Crippen LogP contribution >= 0.6 is 0 Å². The van der Waals surface area contributed by atoms with Gasteiger partial charge in [-0.1, -0.05) is 26.0 Å². The second kappa shape index (κ2) is 7.81. The highest BCUT2D eigenvalue weighted by Crippen LogP contribution is 2.28. The molecule has 0 fully saturated rings. The average molecular weight is 260 g/mol. The molecule has 0 aliphatic carbocycles. The zero-order chi connectivity index (χ0) is 14.3. The molecule has 1 aromatic carbocycles. The predicted molar refractivity (Wildman–Crippen MR) is 79.5 cm³/mol. The number of para-hydroxylation sites is 1. The third-order valence-electron chi connectivity index (χ3n) is 3.57. The van der Waals surface area contributed by atoms with Crippen LogP contribution < -0.4 is 4.90 Å². The van der Waals surface area contributed by atoms with Crippen LogP contribution in [-0.4, -0.2) is 26.3 Å². The molecule has 0 bridgehead atoms. The van der Waals surface area contributed by atoms with Crippen LogP contribution in [0.25, 0.3) is 0 Å². The van der Waals surface area contributed by atoms with Crippen molar-refractivity contribution in [2.24, 2.45) is 0 Å². The van der Waals surface area contributed by atoms with Crippen molar-refractivity contribution in [1.82, 2.24) is 0 Å². The van der Waals surface area contributed by atoms with E-state index < -0.39 is 0 Å². The molecule has 3 heteroatoms. The standard InChI is InChI=1S/C16H24N2O/c1-5-15(6-2)18(10-11-19-4)16-13(3)8-7-9-14(16)12-17/h7-9,15H,5-6,10-11H2,1-4H3. The second-order valence-corrected chi connectivity index (χ2v) is 4.74. The van der Waals surface area contributed by atoms with E-state index in [1.54, 1.807) is 7.11 Å². The van der Waals surface area contributed by atoms with Crippen molar-refractivity contribution in [1.29, 1.82) is 5.26 Å². The molecule has 0 aromatic heterocycles. The van der Waals surface area contributed by atoms with Crippen LogP contribution in [0.1, 0.15) is 37.8 Å². The van der Waals surface area contributed by atoms with E-state index in [4.69, 9.17) is 4.74 Å². The van der Waals surface area contributed by atoms with Crippen molar-refractivity contribution in [3.63, 3.8) is 0 Å². The van der Waals surface area contributed by atoms with Gasteiger partial charge in [-0.3, -0.25) is 0 Å². The Balaban J connectivity index is 3.20. The molecule has 0 aliphatic heterocycles. The normalized spacial score (nSPS) is 10.5. The summed E-state index contributed by atoms with van der Waals surface area (Å²) >= 11 is 0. The fourth-order valence-corrected chi connectivity index (χ4v) is 2.53. The molecular formula is C16H24N2O. The maximum absolute atomic E-state index is 9.34. The van der Waals surface area contributed by atoms with E-state index in [-0.39, 0.29) is 0 Å². The number of hydrogen-bond donors (Lipinski definition) is 0. The summed E-state index contributed by atoms with van der Waals surface area (Å²) in [5, 5.41) is 9.34. The Kier molecular flexibility index (Phi) is 6.38. The summed E-state index contributed by atoms with van der Waals surface area (Å²) in [6.45, 7) is 7.95. The Morgan fingerprint density at radius 2 is 2.00 bits per heavy atom. The van der Waals surface area contributed by atoms with E-state index in [1.165, 1.54) is 0 Å². The topological polar surface area (TPSA) is 36.3 Å². The number of rotatable bonds is 7. The molecule has 0 spiro atoms. The van der Waals surface area contributed by atoms with E-state index in [9.17, 15) is 5.26 Å². The lowest BCUT2D eigenvalue weighted by Crippen LogP contribution is -2.38. The largest absolute Gasteiger partial charge is 0.383 e. The highest BCUT2D eigenvalue weighted by Gasteiger charge is 2.20. The summed E-state index contributed by atoms with van der Waals surface area (Å²) in [4.78, 5) is 2.33. The Bertz CT molecular complexity index is 433. The fraction of sp³-hybridized carbons (Fsp3) is 0.562. The number of nitriles is 1. The summed E-state index contributed by atoms with van der Waals surface area (Å²) in [5.74, 6) is 0. The molecule has 3 nitrogen and oxygen atoms in total. The van der Waals surface area contributed by atoms with E-state index >= 15 is 0 Å². The summed E-state index contributed by atoms with van der Waals surface area (Å²) < 4.78 is 5.22. The first-order valence-corrected chi connectivity index (χ1v) is 6.94. The van der Waals surface area contributed by atoms with Gasteiger partial charge >= 0.3 is 0 Å². The Labute approximate surface area is 116 Å². The molecule has 1 aromatic rings. The van der Waals surface area contributed by atoms with Gasteiger partial charge in [-0.05, 0) is 31.4 Å². The van der Waals surface area contributed by atoms with Gasteiger partial charge in [-0.25, -0.2) is 0 Å². The first-order chi connectivity index (χ1) is 9.19. The Morgan fingerprint density at radius 3 is 2.53 bits per heavy atom. The molecule has 0 amide bonds. The van der Waals surface area contributed by atoms with Gasteiger partial charge in [0.1, 0.15) is 6.07 Å². The molecule has 0 N–H and O–H groups in total. The molecule has 0 saturated heterocycles. The van der Waals surface area contributed by atoms with Crippen molar-refractivity contribution < 1.29 is 4.74 Å². The number of ether oxygens (including phenoxy) is 1. The van der Waals surface area contributed by atoms with Crippen molar-refractivity contribution >= 4 is 5.69 Å². The number of hydrogen-bond acceptors (Lipinski definition) is 3. The van der Waals surface area contributed by atoms with Crippen LogP contribution in [0.3, 0.4) is 0 Å². The van der Waals surface area contributed by atoms with Gasteiger partial charge in [-0.15, -0.1) is 0 Å². The van der Waals surface area contributed by atoms with Crippen LogP contribution in [0.2, 0.25) is 0 Å². The monoisotopic (exact) mass is 260 g/mol. The molecule has 0 radical (unpaired) electrons. The summed E-state index contributed by atoms with van der Waals surface area (Å²) in [6.07, 6.45) is 2.14. The molecule has 0 atom stereocenters. The molecular weight excluding hydrogens is 236 g/mol. The molecule has 0 heterocycles. The molecule has 104 valence electrons. The fourth-order valence-electron chi connectivity index (χ4n) is 2.53. The van der Waals surface area contributed by atoms with E-state index in [2.05, 4.69) is 37.8 Å². The molecule has 0 saturated carbocycles. The van der Waals surface area contributed by atoms with Gasteiger partial charge in [0.15, 0.2) is 0 Å². The lowest BCUT2D eigenvalue weighted by molar-refractivity contribution is 0.202. The number of nitrogens with zero attached hydrogens (tertiary/aromatic N) is 2. The van der Waals surface area contributed by atoms with E-state index in [0.29, 0.717) is 12.6 Å². The summed E-state index contributed by atoms with van der Waals surface area (Å²) in [5.41, 5.74) is 2.97. The molecule has 0 aliphatic rings. The van der Waals surface area contributed by atoms with Crippen LogP contribution in [-0.2, 0) is 4.74 Å². The maximum Gasteiger partial charge on any atom is 0.101 e. The Morgan fingerprint density at radius 1 is 1.32 bits per heavy atom. The van der Waals surface area contributed by atoms with Gasteiger partial charge < -0.3 is 9.64 Å². The average Bonchev–Trinajstić information content (AvgIpc) is 2.43. The number of methoxy groups -OCH3 is 1. The van der Waals surface area contributed by atoms with Crippen LogP contribution in [0.4, 0.5) is 5.69 Å². The number of benzene rings is 1. The number of aryl methyl sites for hydroxylation is 1. The molecule has 0 unspecified atom stereocenters. The van der Waals surface area contributed by atoms with Gasteiger partial charge in [0, 0.05) is 19.7 Å². The Hall–Kier alpha value is -1.53. The predicted octanol–water partition coefficient (Wildman–Crippen LogP) is 3.51. The lowest BCUT2D eigenvalue weighted by atomic mass is 10.0. The van der Waals surface area contributed by atoms with E-state index in [0.717, 1.165) is 36.2 Å². The van der Waals surface area contributed by atoms with Crippen LogP contribution in [0, 0.1) is 18.3 Å². The smallest absolute Gasteiger partial charge is 0.101 e. The van der Waals surface area contributed by atoms with Crippen LogP contribution in [0.15, 0.2) is 18.2 Å². The van der Waals surface area contributed by atoms with Crippen molar-refractivity contribution in [2.75, 3.05) is 25.2 Å². The van der Waals surface area contributed by atoms with Gasteiger partial charge in [0.05, 0.1) is 17.9 Å².